The van der Waals surface area contributed by atoms with E-state index in [1.165, 1.54) is 22.3 Å². The van der Waals surface area contributed by atoms with Crippen LogP contribution in [0.3, 0.4) is 0 Å². The molecule has 0 aliphatic heterocycles. The second kappa shape index (κ2) is 4.46. The van der Waals surface area contributed by atoms with Gasteiger partial charge in [-0.15, -0.1) is 0 Å². The molecular formula is C16H17NO. The van der Waals surface area contributed by atoms with Gasteiger partial charge in [0.05, 0.1) is 7.11 Å². The number of hydrogen-bond donors (Lipinski definition) is 1. The lowest BCUT2D eigenvalue weighted by Gasteiger charge is -2.29. The number of methoxy groups -OCH3 is 1. The van der Waals surface area contributed by atoms with E-state index in [0.29, 0.717) is 6.54 Å². The first kappa shape index (κ1) is 11.3. The molecule has 2 nitrogen and oxygen atoms in total. The second-order valence-corrected chi connectivity index (χ2v) is 4.70. The van der Waals surface area contributed by atoms with Gasteiger partial charge >= 0.3 is 0 Å². The Balaban J connectivity index is 2.21. The molecule has 0 saturated carbocycles. The van der Waals surface area contributed by atoms with Crippen LogP contribution in [0.15, 0.2) is 42.5 Å². The first-order chi connectivity index (χ1) is 8.85. The summed E-state index contributed by atoms with van der Waals surface area (Å²) in [7, 11) is 1.73. The summed E-state index contributed by atoms with van der Waals surface area (Å²) in [4.78, 5) is 0. The number of fused-ring (bicyclic) bond motifs is 2. The number of benzene rings is 2. The lowest BCUT2D eigenvalue weighted by molar-refractivity contribution is 0.406. The molecule has 0 aromatic heterocycles. The molecule has 2 aromatic rings. The van der Waals surface area contributed by atoms with Crippen molar-refractivity contribution in [1.29, 1.82) is 0 Å². The van der Waals surface area contributed by atoms with Crippen molar-refractivity contribution in [3.63, 3.8) is 0 Å². The average Bonchev–Trinajstić information content (AvgIpc) is 2.44. The molecule has 0 radical (unpaired) electrons. The molecule has 2 N–H and O–H groups in total. The molecule has 2 aromatic carbocycles. The first-order valence-corrected chi connectivity index (χ1v) is 6.28. The van der Waals surface area contributed by atoms with E-state index in [1.807, 2.05) is 6.07 Å². The van der Waals surface area contributed by atoms with Crippen molar-refractivity contribution in [3.8, 4) is 5.75 Å². The minimum atomic E-state index is 0.251. The molecule has 0 heterocycles. The molecule has 3 rings (SSSR count). The van der Waals surface area contributed by atoms with E-state index in [2.05, 4.69) is 36.4 Å². The SMILES string of the molecule is COc1cccc2c1[C@H](CN)c1ccccc1C2. The van der Waals surface area contributed by atoms with E-state index in [-0.39, 0.29) is 5.92 Å². The Morgan fingerprint density at radius 2 is 1.89 bits per heavy atom. The zero-order chi connectivity index (χ0) is 12.5. The van der Waals surface area contributed by atoms with Crippen LogP contribution in [0.1, 0.15) is 28.2 Å². The second-order valence-electron chi connectivity index (χ2n) is 4.70. The average molecular weight is 239 g/mol. The third kappa shape index (κ3) is 1.61. The largest absolute Gasteiger partial charge is 0.496 e. The van der Waals surface area contributed by atoms with Gasteiger partial charge in [-0.05, 0) is 29.2 Å². The third-order valence-electron chi connectivity index (χ3n) is 3.77. The standard InChI is InChI=1S/C16H17NO/c1-18-15-8-4-6-12-9-11-5-2-3-7-13(11)14(10-17)16(12)15/h2-8,14H,9-10,17H2,1H3/t14-/m1/s1. The number of nitrogens with two attached hydrogens (primary N) is 1. The lowest BCUT2D eigenvalue weighted by Crippen LogP contribution is -2.21. The molecule has 0 saturated heterocycles. The molecule has 0 fully saturated rings. The maximum atomic E-state index is 6.00. The molecule has 1 atom stereocenters. The fraction of sp³-hybridized carbons (Fsp3) is 0.250. The highest BCUT2D eigenvalue weighted by Crippen LogP contribution is 2.40. The summed E-state index contributed by atoms with van der Waals surface area (Å²) in [5.74, 6) is 1.21. The summed E-state index contributed by atoms with van der Waals surface area (Å²) in [6.45, 7) is 0.615. The van der Waals surface area contributed by atoms with Crippen molar-refractivity contribution >= 4 is 0 Å². The highest BCUT2D eigenvalue weighted by Gasteiger charge is 2.26. The van der Waals surface area contributed by atoms with Gasteiger partial charge in [-0.1, -0.05) is 36.4 Å². The predicted molar refractivity (Wildman–Crippen MR) is 73.1 cm³/mol. The molecule has 0 bridgehead atoms. The fourth-order valence-electron chi connectivity index (χ4n) is 2.96. The van der Waals surface area contributed by atoms with Crippen molar-refractivity contribution in [2.45, 2.75) is 12.3 Å². The molecule has 0 amide bonds. The minimum absolute atomic E-state index is 0.251. The third-order valence-corrected chi connectivity index (χ3v) is 3.77. The molecule has 1 aliphatic rings. The quantitative estimate of drug-likeness (QED) is 0.874. The smallest absolute Gasteiger partial charge is 0.123 e. The summed E-state index contributed by atoms with van der Waals surface area (Å²) in [5, 5.41) is 0. The zero-order valence-electron chi connectivity index (χ0n) is 10.5. The van der Waals surface area contributed by atoms with E-state index in [9.17, 15) is 0 Å². The summed E-state index contributed by atoms with van der Waals surface area (Å²) >= 11 is 0. The maximum Gasteiger partial charge on any atom is 0.123 e. The van der Waals surface area contributed by atoms with Crippen LogP contribution in [0.4, 0.5) is 0 Å². The van der Waals surface area contributed by atoms with Gasteiger partial charge in [0.15, 0.2) is 0 Å². The van der Waals surface area contributed by atoms with E-state index in [0.717, 1.165) is 12.2 Å². The summed E-state index contributed by atoms with van der Waals surface area (Å²) in [6.07, 6.45) is 0.971. The molecule has 2 heteroatoms. The van der Waals surface area contributed by atoms with Crippen LogP contribution in [-0.2, 0) is 6.42 Å². The summed E-state index contributed by atoms with van der Waals surface area (Å²) in [5.41, 5.74) is 11.3. The topological polar surface area (TPSA) is 35.2 Å². The van der Waals surface area contributed by atoms with Gasteiger partial charge in [-0.2, -0.15) is 0 Å². The monoisotopic (exact) mass is 239 g/mol. The van der Waals surface area contributed by atoms with E-state index in [1.54, 1.807) is 7.11 Å². The van der Waals surface area contributed by atoms with Crippen LogP contribution in [0.2, 0.25) is 0 Å². The van der Waals surface area contributed by atoms with Crippen LogP contribution in [-0.4, -0.2) is 13.7 Å². The zero-order valence-corrected chi connectivity index (χ0v) is 10.5. The molecule has 0 unspecified atom stereocenters. The van der Waals surface area contributed by atoms with Crippen molar-refractivity contribution in [1.82, 2.24) is 0 Å². The van der Waals surface area contributed by atoms with Gasteiger partial charge in [0.25, 0.3) is 0 Å². The van der Waals surface area contributed by atoms with Gasteiger partial charge in [0, 0.05) is 18.0 Å². The van der Waals surface area contributed by atoms with Gasteiger partial charge < -0.3 is 10.5 Å². The molecule has 1 aliphatic carbocycles. The van der Waals surface area contributed by atoms with Crippen LogP contribution >= 0.6 is 0 Å². The van der Waals surface area contributed by atoms with Gasteiger partial charge in [-0.3, -0.25) is 0 Å². The highest BCUT2D eigenvalue weighted by molar-refractivity contribution is 5.54. The molecular weight excluding hydrogens is 222 g/mol. The summed E-state index contributed by atoms with van der Waals surface area (Å²) in [6, 6.07) is 14.8. The van der Waals surface area contributed by atoms with Crippen LogP contribution in [0.25, 0.3) is 0 Å². The van der Waals surface area contributed by atoms with Gasteiger partial charge in [0.1, 0.15) is 5.75 Å². The Labute approximate surface area is 107 Å². The Morgan fingerprint density at radius 3 is 2.67 bits per heavy atom. The van der Waals surface area contributed by atoms with Crippen LogP contribution in [0.5, 0.6) is 5.75 Å². The fourth-order valence-corrected chi connectivity index (χ4v) is 2.96. The van der Waals surface area contributed by atoms with Crippen molar-refractivity contribution < 1.29 is 4.74 Å². The molecule has 18 heavy (non-hydrogen) atoms. The number of rotatable bonds is 2. The molecule has 0 spiro atoms. The predicted octanol–water partition coefficient (Wildman–Crippen LogP) is 2.69. The summed E-state index contributed by atoms with van der Waals surface area (Å²) < 4.78 is 5.50. The van der Waals surface area contributed by atoms with Crippen molar-refractivity contribution in [2.75, 3.05) is 13.7 Å². The van der Waals surface area contributed by atoms with Crippen LogP contribution < -0.4 is 10.5 Å². The normalized spacial score (nSPS) is 16.9. The van der Waals surface area contributed by atoms with Crippen LogP contribution in [0, 0.1) is 0 Å². The Morgan fingerprint density at radius 1 is 1.11 bits per heavy atom. The Hall–Kier alpha value is -1.80. The minimum Gasteiger partial charge on any atom is -0.496 e. The van der Waals surface area contributed by atoms with E-state index < -0.39 is 0 Å². The van der Waals surface area contributed by atoms with E-state index in [4.69, 9.17) is 10.5 Å². The highest BCUT2D eigenvalue weighted by atomic mass is 16.5. The first-order valence-electron chi connectivity index (χ1n) is 6.28. The maximum absolute atomic E-state index is 6.00. The van der Waals surface area contributed by atoms with Crippen molar-refractivity contribution in [2.24, 2.45) is 5.73 Å². The molecule has 92 valence electrons. The number of hydrogen-bond acceptors (Lipinski definition) is 2. The Kier molecular flexibility index (Phi) is 2.80. The van der Waals surface area contributed by atoms with Crippen molar-refractivity contribution in [3.05, 3.63) is 64.7 Å². The number of ether oxygens (including phenoxy) is 1. The van der Waals surface area contributed by atoms with E-state index >= 15 is 0 Å². The van der Waals surface area contributed by atoms with Gasteiger partial charge in [-0.25, -0.2) is 0 Å². The lowest BCUT2D eigenvalue weighted by atomic mass is 9.78. The van der Waals surface area contributed by atoms with Gasteiger partial charge in [0.2, 0.25) is 0 Å². The Bertz CT molecular complexity index is 577.